The van der Waals surface area contributed by atoms with Gasteiger partial charge in [-0.25, -0.2) is 4.98 Å². The van der Waals surface area contributed by atoms with Gasteiger partial charge >= 0.3 is 5.97 Å². The number of rotatable bonds is 4. The molecular weight excluding hydrogens is 316 g/mol. The molecule has 122 valence electrons. The normalized spacial score (nSPS) is 21.6. The molecule has 1 amide bonds. The van der Waals surface area contributed by atoms with Crippen molar-refractivity contribution in [1.29, 1.82) is 0 Å². The zero-order chi connectivity index (χ0) is 16.2. The predicted octanol–water partition coefficient (Wildman–Crippen LogP) is 3.17. The van der Waals surface area contributed by atoms with Crippen LogP contribution in [0.1, 0.15) is 42.6 Å². The summed E-state index contributed by atoms with van der Waals surface area (Å²) >= 11 is 1.36. The second-order valence-corrected chi connectivity index (χ2v) is 6.57. The molecule has 7 heteroatoms. The van der Waals surface area contributed by atoms with Gasteiger partial charge in [-0.15, -0.1) is 11.3 Å². The third kappa shape index (κ3) is 3.61. The highest BCUT2D eigenvalue weighted by Crippen LogP contribution is 2.26. The highest BCUT2D eigenvalue weighted by Gasteiger charge is 2.31. The molecule has 2 atom stereocenters. The number of hydrogen-bond acceptors (Lipinski definition) is 5. The zero-order valence-corrected chi connectivity index (χ0v) is 13.3. The minimum atomic E-state index is -0.838. The summed E-state index contributed by atoms with van der Waals surface area (Å²) < 4.78 is 5.02. The van der Waals surface area contributed by atoms with Crippen molar-refractivity contribution >= 4 is 23.2 Å². The molecule has 2 N–H and O–H groups in total. The summed E-state index contributed by atoms with van der Waals surface area (Å²) in [6.07, 6.45) is 7.28. The first kappa shape index (κ1) is 15.7. The van der Waals surface area contributed by atoms with E-state index in [4.69, 9.17) is 4.42 Å². The van der Waals surface area contributed by atoms with Crippen LogP contribution < -0.4 is 5.32 Å². The van der Waals surface area contributed by atoms with Crippen LogP contribution >= 0.6 is 11.3 Å². The maximum absolute atomic E-state index is 12.4. The van der Waals surface area contributed by atoms with Gasteiger partial charge in [0.1, 0.15) is 17.0 Å². The van der Waals surface area contributed by atoms with Crippen LogP contribution in [0.15, 0.2) is 28.4 Å². The van der Waals surface area contributed by atoms with Gasteiger partial charge in [0.05, 0.1) is 12.2 Å². The Morgan fingerprint density at radius 2 is 2.13 bits per heavy atom. The molecule has 0 unspecified atom stereocenters. The van der Waals surface area contributed by atoms with E-state index in [1.165, 1.54) is 11.3 Å². The molecule has 0 saturated heterocycles. The van der Waals surface area contributed by atoms with Crippen LogP contribution in [-0.4, -0.2) is 28.0 Å². The SMILES string of the molecule is O=C(N[C@H]1CCCCC[C@H]1C(=O)O)c1csc(-c2ccoc2)n1. The van der Waals surface area contributed by atoms with Crippen molar-refractivity contribution in [2.75, 3.05) is 0 Å². The minimum Gasteiger partial charge on any atom is -0.481 e. The van der Waals surface area contributed by atoms with Gasteiger partial charge in [0.15, 0.2) is 0 Å². The number of carboxylic acids is 1. The standard InChI is InChI=1S/C16H18N2O4S/c19-14(13-9-23-15(18-13)10-6-7-22-8-10)17-12-5-3-1-2-4-11(12)16(20)21/h6-9,11-12H,1-5H2,(H,17,19)(H,20,21)/t11-,12+/m1/s1. The molecule has 0 spiro atoms. The fourth-order valence-electron chi connectivity index (χ4n) is 2.92. The van der Waals surface area contributed by atoms with E-state index >= 15 is 0 Å². The summed E-state index contributed by atoms with van der Waals surface area (Å²) in [5.74, 6) is -1.67. The smallest absolute Gasteiger partial charge is 0.308 e. The van der Waals surface area contributed by atoms with Crippen molar-refractivity contribution in [3.63, 3.8) is 0 Å². The molecule has 23 heavy (non-hydrogen) atoms. The van der Waals surface area contributed by atoms with E-state index in [0.717, 1.165) is 24.8 Å². The van der Waals surface area contributed by atoms with Gasteiger partial charge in [0.2, 0.25) is 0 Å². The van der Waals surface area contributed by atoms with E-state index in [9.17, 15) is 14.7 Å². The van der Waals surface area contributed by atoms with E-state index in [1.807, 2.05) is 0 Å². The Balaban J connectivity index is 1.71. The average molecular weight is 334 g/mol. The van der Waals surface area contributed by atoms with Crippen LogP contribution in [0, 0.1) is 5.92 Å². The Hall–Kier alpha value is -2.15. The van der Waals surface area contributed by atoms with E-state index in [-0.39, 0.29) is 11.9 Å². The highest BCUT2D eigenvalue weighted by molar-refractivity contribution is 7.13. The molecule has 0 aromatic carbocycles. The van der Waals surface area contributed by atoms with Crippen LogP contribution in [0.4, 0.5) is 0 Å². The number of carboxylic acid groups (broad SMARTS) is 1. The Morgan fingerprint density at radius 1 is 1.30 bits per heavy atom. The molecule has 2 aromatic rings. The van der Waals surface area contributed by atoms with E-state index in [0.29, 0.717) is 23.5 Å². The second-order valence-electron chi connectivity index (χ2n) is 5.71. The maximum atomic E-state index is 12.4. The number of furan rings is 1. The van der Waals surface area contributed by atoms with Crippen molar-refractivity contribution < 1.29 is 19.1 Å². The van der Waals surface area contributed by atoms with Gasteiger partial charge in [-0.2, -0.15) is 0 Å². The quantitative estimate of drug-likeness (QED) is 0.838. The number of aromatic nitrogens is 1. The van der Waals surface area contributed by atoms with Crippen molar-refractivity contribution in [3.05, 3.63) is 29.7 Å². The molecule has 2 aromatic heterocycles. The maximum Gasteiger partial charge on any atom is 0.308 e. The lowest BCUT2D eigenvalue weighted by atomic mass is 9.95. The number of carbonyl (C=O) groups excluding carboxylic acids is 1. The number of aliphatic carboxylic acids is 1. The van der Waals surface area contributed by atoms with Crippen LogP contribution in [0.25, 0.3) is 10.6 Å². The number of nitrogens with one attached hydrogen (secondary N) is 1. The van der Waals surface area contributed by atoms with Gasteiger partial charge in [-0.1, -0.05) is 19.3 Å². The summed E-state index contributed by atoms with van der Waals surface area (Å²) in [4.78, 5) is 28.1. The van der Waals surface area contributed by atoms with Crippen molar-refractivity contribution in [2.45, 2.75) is 38.1 Å². The van der Waals surface area contributed by atoms with Crippen LogP contribution in [0.2, 0.25) is 0 Å². The molecule has 0 aliphatic heterocycles. The summed E-state index contributed by atoms with van der Waals surface area (Å²) in [6, 6.07) is 1.45. The summed E-state index contributed by atoms with van der Waals surface area (Å²) in [5, 5.41) is 14.6. The Morgan fingerprint density at radius 3 is 2.87 bits per heavy atom. The molecule has 3 rings (SSSR count). The number of amides is 1. The fourth-order valence-corrected chi connectivity index (χ4v) is 3.70. The van der Waals surface area contributed by atoms with Crippen molar-refractivity contribution in [3.8, 4) is 10.6 Å². The molecule has 2 heterocycles. The van der Waals surface area contributed by atoms with Crippen molar-refractivity contribution in [2.24, 2.45) is 5.92 Å². The van der Waals surface area contributed by atoms with Crippen LogP contribution in [0.5, 0.6) is 0 Å². The van der Waals surface area contributed by atoms with Crippen LogP contribution in [-0.2, 0) is 4.79 Å². The molecular formula is C16H18N2O4S. The van der Waals surface area contributed by atoms with Crippen LogP contribution in [0.3, 0.4) is 0 Å². The summed E-state index contributed by atoms with van der Waals surface area (Å²) in [5.41, 5.74) is 1.14. The Labute approximate surface area is 137 Å². The minimum absolute atomic E-state index is 0.311. The predicted molar refractivity (Wildman–Crippen MR) is 85.3 cm³/mol. The van der Waals surface area contributed by atoms with Crippen molar-refractivity contribution in [1.82, 2.24) is 10.3 Å². The first-order valence-electron chi connectivity index (χ1n) is 7.67. The fraction of sp³-hybridized carbons (Fsp3) is 0.438. The number of carbonyl (C=O) groups is 2. The monoisotopic (exact) mass is 334 g/mol. The molecule has 6 nitrogen and oxygen atoms in total. The zero-order valence-electron chi connectivity index (χ0n) is 12.5. The van der Waals surface area contributed by atoms with E-state index in [2.05, 4.69) is 10.3 Å². The van der Waals surface area contributed by atoms with Gasteiger partial charge in [-0.3, -0.25) is 9.59 Å². The molecule has 1 aliphatic rings. The average Bonchev–Trinajstić information content (AvgIpc) is 3.15. The number of thiazole rings is 1. The Bertz CT molecular complexity index is 680. The highest BCUT2D eigenvalue weighted by atomic mass is 32.1. The lowest BCUT2D eigenvalue weighted by Gasteiger charge is -2.22. The van der Waals surface area contributed by atoms with E-state index in [1.54, 1.807) is 24.0 Å². The topological polar surface area (TPSA) is 92.4 Å². The molecule has 0 radical (unpaired) electrons. The van der Waals surface area contributed by atoms with Gasteiger partial charge < -0.3 is 14.8 Å². The molecule has 1 aliphatic carbocycles. The van der Waals surface area contributed by atoms with Gasteiger partial charge in [-0.05, 0) is 18.9 Å². The van der Waals surface area contributed by atoms with Gasteiger partial charge in [0.25, 0.3) is 5.91 Å². The molecule has 1 saturated carbocycles. The first-order valence-corrected chi connectivity index (χ1v) is 8.55. The largest absolute Gasteiger partial charge is 0.481 e. The Kier molecular flexibility index (Phi) is 4.76. The van der Waals surface area contributed by atoms with Gasteiger partial charge in [0, 0.05) is 17.0 Å². The lowest BCUT2D eigenvalue weighted by Crippen LogP contribution is -2.42. The lowest BCUT2D eigenvalue weighted by molar-refractivity contribution is -0.142. The third-order valence-electron chi connectivity index (χ3n) is 4.15. The number of nitrogens with zero attached hydrogens (tertiary/aromatic N) is 1. The third-order valence-corrected chi connectivity index (χ3v) is 5.05. The van der Waals surface area contributed by atoms with E-state index < -0.39 is 11.9 Å². The number of hydrogen-bond donors (Lipinski definition) is 2. The molecule has 1 fully saturated rings. The second kappa shape index (κ2) is 6.95. The molecule has 0 bridgehead atoms. The summed E-state index contributed by atoms with van der Waals surface area (Å²) in [7, 11) is 0. The first-order chi connectivity index (χ1) is 11.1. The summed E-state index contributed by atoms with van der Waals surface area (Å²) in [6.45, 7) is 0.